The van der Waals surface area contributed by atoms with Crippen molar-refractivity contribution in [2.24, 2.45) is 0 Å². The molecule has 0 fully saturated rings. The van der Waals surface area contributed by atoms with Crippen LogP contribution in [-0.2, 0) is 0 Å². The summed E-state index contributed by atoms with van der Waals surface area (Å²) in [6, 6.07) is 67.2. The Morgan fingerprint density at radius 2 is 0.804 bits per heavy atom. The third kappa shape index (κ3) is 5.39. The molecule has 0 unspecified atom stereocenters. The number of aromatic nitrogens is 2. The highest BCUT2D eigenvalue weighted by atomic mass is 16.3. The first-order chi connectivity index (χ1) is 27.7. The van der Waals surface area contributed by atoms with Crippen LogP contribution < -0.4 is 0 Å². The van der Waals surface area contributed by atoms with Gasteiger partial charge in [-0.15, -0.1) is 0 Å². The molecule has 0 aliphatic rings. The predicted octanol–water partition coefficient (Wildman–Crippen LogP) is 14.3. The van der Waals surface area contributed by atoms with Crippen molar-refractivity contribution >= 4 is 43.9 Å². The topological polar surface area (TPSA) is 52.1 Å². The van der Waals surface area contributed by atoms with Crippen LogP contribution in [-0.4, -0.2) is 9.97 Å². The molecule has 3 aromatic heterocycles. The van der Waals surface area contributed by atoms with Gasteiger partial charge in [0.25, 0.3) is 0 Å². The van der Waals surface area contributed by atoms with Crippen molar-refractivity contribution in [3.05, 3.63) is 194 Å². The van der Waals surface area contributed by atoms with Gasteiger partial charge in [0.1, 0.15) is 22.3 Å². The van der Waals surface area contributed by atoms with Gasteiger partial charge < -0.3 is 8.83 Å². The summed E-state index contributed by atoms with van der Waals surface area (Å²) in [4.78, 5) is 10.1. The average Bonchev–Trinajstić information content (AvgIpc) is 3.86. The van der Waals surface area contributed by atoms with Crippen LogP contribution in [0.25, 0.3) is 111 Å². The maximum Gasteiger partial charge on any atom is 0.160 e. The lowest BCUT2D eigenvalue weighted by atomic mass is 9.93. The minimum atomic E-state index is 0.688. The maximum atomic E-state index is 6.70. The highest BCUT2D eigenvalue weighted by molar-refractivity contribution is 6.19. The standard InChI is InChI=1S/C52H32N2O2/c1-3-12-33(13-4-1)34-22-26-36(27-23-34)45-32-46(54-52(53-45)38-14-5-2-6-15-38)37-28-24-35(25-29-37)39-30-31-41(49-44-17-8-10-21-48(44)56-51(39)49)43-19-11-18-42-40-16-7-9-20-47(40)55-50(42)43/h1-32H. The fraction of sp³-hybridized carbons (Fsp3) is 0. The molecule has 0 saturated carbocycles. The van der Waals surface area contributed by atoms with Crippen molar-refractivity contribution < 1.29 is 8.83 Å². The van der Waals surface area contributed by atoms with Gasteiger partial charge in [-0.05, 0) is 46.5 Å². The lowest BCUT2D eigenvalue weighted by Gasteiger charge is -2.11. The molecule has 0 radical (unpaired) electrons. The summed E-state index contributed by atoms with van der Waals surface area (Å²) in [5.41, 5.74) is 14.7. The van der Waals surface area contributed by atoms with Gasteiger partial charge >= 0.3 is 0 Å². The smallest absolute Gasteiger partial charge is 0.160 e. The van der Waals surface area contributed by atoms with Crippen LogP contribution in [0.4, 0.5) is 0 Å². The van der Waals surface area contributed by atoms with Crippen LogP contribution >= 0.6 is 0 Å². The van der Waals surface area contributed by atoms with Gasteiger partial charge in [-0.25, -0.2) is 9.97 Å². The molecule has 0 spiro atoms. The molecule has 4 heteroatoms. The van der Waals surface area contributed by atoms with Gasteiger partial charge in [-0.1, -0.05) is 170 Å². The fourth-order valence-electron chi connectivity index (χ4n) is 7.98. The number of nitrogens with zero attached hydrogens (tertiary/aromatic N) is 2. The quantitative estimate of drug-likeness (QED) is 0.172. The van der Waals surface area contributed by atoms with Crippen LogP contribution in [0.5, 0.6) is 0 Å². The number of hydrogen-bond donors (Lipinski definition) is 0. The van der Waals surface area contributed by atoms with E-state index in [1.807, 2.05) is 48.5 Å². The van der Waals surface area contributed by atoms with E-state index in [4.69, 9.17) is 18.8 Å². The highest BCUT2D eigenvalue weighted by Crippen LogP contribution is 2.45. The first-order valence-corrected chi connectivity index (χ1v) is 18.8. The molecule has 0 saturated heterocycles. The molecule has 11 aromatic rings. The number of furan rings is 2. The van der Waals surface area contributed by atoms with Gasteiger partial charge in [-0.2, -0.15) is 0 Å². The Morgan fingerprint density at radius 1 is 0.304 bits per heavy atom. The van der Waals surface area contributed by atoms with Crippen LogP contribution in [0.2, 0.25) is 0 Å². The molecule has 0 aliphatic carbocycles. The normalized spacial score (nSPS) is 11.6. The molecule has 3 heterocycles. The number of rotatable bonds is 6. The first-order valence-electron chi connectivity index (χ1n) is 18.8. The SMILES string of the molecule is c1ccc(-c2ccc(-c3cc(-c4ccc(-c5ccc(-c6cccc7c6oc6ccccc67)c6c5oc5ccccc56)cc4)nc(-c4ccccc4)n3)cc2)cc1. The Labute approximate surface area is 323 Å². The van der Waals surface area contributed by atoms with Crippen molar-refractivity contribution in [2.45, 2.75) is 0 Å². The fourth-order valence-corrected chi connectivity index (χ4v) is 7.98. The predicted molar refractivity (Wildman–Crippen MR) is 229 cm³/mol. The molecule has 8 aromatic carbocycles. The van der Waals surface area contributed by atoms with Crippen molar-refractivity contribution in [3.8, 4) is 67.3 Å². The lowest BCUT2D eigenvalue weighted by Crippen LogP contribution is -1.96. The zero-order valence-electron chi connectivity index (χ0n) is 30.2. The Kier molecular flexibility index (Phi) is 7.46. The van der Waals surface area contributed by atoms with Gasteiger partial charge in [0.15, 0.2) is 5.82 Å². The summed E-state index contributed by atoms with van der Waals surface area (Å²) >= 11 is 0. The average molecular weight is 717 g/mol. The molecule has 0 aliphatic heterocycles. The van der Waals surface area contributed by atoms with Crippen LogP contribution in [0.15, 0.2) is 203 Å². The van der Waals surface area contributed by atoms with Crippen molar-refractivity contribution in [3.63, 3.8) is 0 Å². The molecule has 262 valence electrons. The van der Waals surface area contributed by atoms with E-state index in [-0.39, 0.29) is 0 Å². The monoisotopic (exact) mass is 716 g/mol. The van der Waals surface area contributed by atoms with Gasteiger partial charge in [0.2, 0.25) is 0 Å². The molecule has 0 atom stereocenters. The molecule has 0 N–H and O–H groups in total. The zero-order valence-corrected chi connectivity index (χ0v) is 30.2. The Balaban J connectivity index is 1.02. The molecular weight excluding hydrogens is 685 g/mol. The molecular formula is C52H32N2O2. The van der Waals surface area contributed by atoms with E-state index in [1.54, 1.807) is 0 Å². The van der Waals surface area contributed by atoms with Gasteiger partial charge in [0, 0.05) is 49.4 Å². The van der Waals surface area contributed by atoms with E-state index in [0.29, 0.717) is 5.82 Å². The Hall–Kier alpha value is -7.56. The second kappa shape index (κ2) is 13.1. The summed E-state index contributed by atoms with van der Waals surface area (Å²) in [7, 11) is 0. The van der Waals surface area contributed by atoms with Crippen LogP contribution in [0.3, 0.4) is 0 Å². The third-order valence-corrected chi connectivity index (χ3v) is 10.8. The number of fused-ring (bicyclic) bond motifs is 6. The van der Waals surface area contributed by atoms with Crippen LogP contribution in [0.1, 0.15) is 0 Å². The second-order valence-electron chi connectivity index (χ2n) is 14.1. The molecule has 0 bridgehead atoms. The zero-order chi connectivity index (χ0) is 37.0. The van der Waals surface area contributed by atoms with E-state index in [0.717, 1.165) is 94.2 Å². The van der Waals surface area contributed by atoms with E-state index < -0.39 is 0 Å². The number of benzene rings is 8. The first kappa shape index (κ1) is 31.9. The number of hydrogen-bond acceptors (Lipinski definition) is 4. The van der Waals surface area contributed by atoms with E-state index in [2.05, 4.69) is 146 Å². The Bertz CT molecular complexity index is 3220. The van der Waals surface area contributed by atoms with Crippen LogP contribution in [0, 0.1) is 0 Å². The van der Waals surface area contributed by atoms with Gasteiger partial charge in [-0.3, -0.25) is 0 Å². The molecule has 4 nitrogen and oxygen atoms in total. The Morgan fingerprint density at radius 3 is 1.50 bits per heavy atom. The minimum absolute atomic E-state index is 0.688. The van der Waals surface area contributed by atoms with E-state index >= 15 is 0 Å². The van der Waals surface area contributed by atoms with E-state index in [9.17, 15) is 0 Å². The molecule has 11 rings (SSSR count). The van der Waals surface area contributed by atoms with E-state index in [1.165, 1.54) is 11.1 Å². The van der Waals surface area contributed by atoms with Crippen molar-refractivity contribution in [2.75, 3.05) is 0 Å². The summed E-state index contributed by atoms with van der Waals surface area (Å²) in [5.74, 6) is 0.688. The summed E-state index contributed by atoms with van der Waals surface area (Å²) < 4.78 is 13.2. The summed E-state index contributed by atoms with van der Waals surface area (Å²) in [6.07, 6.45) is 0. The highest BCUT2D eigenvalue weighted by Gasteiger charge is 2.20. The third-order valence-electron chi connectivity index (χ3n) is 10.8. The summed E-state index contributed by atoms with van der Waals surface area (Å²) in [5, 5.41) is 4.36. The van der Waals surface area contributed by atoms with Crippen molar-refractivity contribution in [1.29, 1.82) is 0 Å². The maximum absolute atomic E-state index is 6.70. The van der Waals surface area contributed by atoms with Gasteiger partial charge in [0.05, 0.1) is 11.4 Å². The number of para-hydroxylation sites is 3. The lowest BCUT2D eigenvalue weighted by molar-refractivity contribution is 0.669. The van der Waals surface area contributed by atoms with Crippen molar-refractivity contribution in [1.82, 2.24) is 9.97 Å². The largest absolute Gasteiger partial charge is 0.455 e. The molecule has 56 heavy (non-hydrogen) atoms. The molecule has 0 amide bonds. The second-order valence-corrected chi connectivity index (χ2v) is 14.1. The summed E-state index contributed by atoms with van der Waals surface area (Å²) in [6.45, 7) is 0. The minimum Gasteiger partial charge on any atom is -0.455 e.